The first-order chi connectivity index (χ1) is 13.2. The van der Waals surface area contributed by atoms with Gasteiger partial charge in [0.1, 0.15) is 0 Å². The second-order valence-corrected chi connectivity index (χ2v) is 7.54. The summed E-state index contributed by atoms with van der Waals surface area (Å²) in [4.78, 5) is 2.53. The maximum absolute atomic E-state index is 5.55. The minimum atomic E-state index is 0.119. The van der Waals surface area contributed by atoms with Crippen molar-refractivity contribution in [2.75, 3.05) is 19.6 Å². The molecule has 2 aliphatic heterocycles. The molecule has 0 aromatic heterocycles. The van der Waals surface area contributed by atoms with E-state index < -0.39 is 0 Å². The highest BCUT2D eigenvalue weighted by atomic mass is 32.1. The first kappa shape index (κ1) is 18.0. The lowest BCUT2D eigenvalue weighted by molar-refractivity contribution is 0.301. The van der Waals surface area contributed by atoms with Crippen molar-refractivity contribution in [3.8, 4) is 0 Å². The van der Waals surface area contributed by atoms with Crippen LogP contribution in [0.2, 0.25) is 0 Å². The largest absolute Gasteiger partial charge is 0.352 e. The zero-order valence-electron chi connectivity index (χ0n) is 15.6. The third-order valence-electron chi connectivity index (χ3n) is 5.11. The Morgan fingerprint density at radius 3 is 2.44 bits per heavy atom. The summed E-state index contributed by atoms with van der Waals surface area (Å²) >= 11 is 5.55. The predicted molar refractivity (Wildman–Crippen MR) is 116 cm³/mol. The Morgan fingerprint density at radius 1 is 1.04 bits per heavy atom. The van der Waals surface area contributed by atoms with Crippen LogP contribution in [0.1, 0.15) is 30.5 Å². The van der Waals surface area contributed by atoms with Gasteiger partial charge in [0.25, 0.3) is 0 Å². The molecule has 2 aromatic carbocycles. The van der Waals surface area contributed by atoms with Gasteiger partial charge in [-0.2, -0.15) is 0 Å². The number of thiocarbonyl (C=S) groups is 1. The molecule has 1 atom stereocenters. The molecule has 4 rings (SSSR count). The van der Waals surface area contributed by atoms with E-state index in [2.05, 4.69) is 89.2 Å². The normalized spacial score (nSPS) is 21.6. The highest BCUT2D eigenvalue weighted by Crippen LogP contribution is 2.34. The van der Waals surface area contributed by atoms with Gasteiger partial charge in [-0.3, -0.25) is 4.90 Å². The zero-order valence-corrected chi connectivity index (χ0v) is 16.4. The van der Waals surface area contributed by atoms with Gasteiger partial charge in [0.2, 0.25) is 0 Å². The molecule has 0 saturated heterocycles. The molecule has 2 N–H and O–H groups in total. The number of hydrogen-bond acceptors (Lipinski definition) is 2. The molecule has 27 heavy (non-hydrogen) atoms. The maximum Gasteiger partial charge on any atom is 0.171 e. The molecule has 2 heterocycles. The SMILES string of the molecule is CCCN1CC(=Cc2ccccc2)C2=C(C1)C(c1ccccc1)NC(=S)N2. The Kier molecular flexibility index (Phi) is 5.37. The molecule has 4 heteroatoms. The molecular weight excluding hydrogens is 350 g/mol. The van der Waals surface area contributed by atoms with Gasteiger partial charge < -0.3 is 10.6 Å². The van der Waals surface area contributed by atoms with Crippen molar-refractivity contribution in [1.29, 1.82) is 0 Å². The molecule has 2 aliphatic rings. The second-order valence-electron chi connectivity index (χ2n) is 7.13. The van der Waals surface area contributed by atoms with Gasteiger partial charge in [-0.15, -0.1) is 0 Å². The lowest BCUT2D eigenvalue weighted by Gasteiger charge is -2.40. The summed E-state index contributed by atoms with van der Waals surface area (Å²) < 4.78 is 0. The van der Waals surface area contributed by atoms with Crippen LogP contribution >= 0.6 is 12.2 Å². The van der Waals surface area contributed by atoms with Crippen LogP contribution in [-0.2, 0) is 0 Å². The summed E-state index contributed by atoms with van der Waals surface area (Å²) in [7, 11) is 0. The molecule has 1 unspecified atom stereocenters. The van der Waals surface area contributed by atoms with Crippen molar-refractivity contribution in [3.05, 3.63) is 88.6 Å². The van der Waals surface area contributed by atoms with Crippen molar-refractivity contribution in [2.45, 2.75) is 19.4 Å². The van der Waals surface area contributed by atoms with E-state index in [-0.39, 0.29) is 6.04 Å². The van der Waals surface area contributed by atoms with Crippen molar-refractivity contribution in [2.24, 2.45) is 0 Å². The predicted octanol–water partition coefficient (Wildman–Crippen LogP) is 4.27. The van der Waals surface area contributed by atoms with Gasteiger partial charge in [-0.1, -0.05) is 67.6 Å². The Balaban J connectivity index is 1.79. The Hall–Kier alpha value is -2.43. The van der Waals surface area contributed by atoms with E-state index in [0.29, 0.717) is 5.11 Å². The van der Waals surface area contributed by atoms with Gasteiger partial charge in [0.15, 0.2) is 5.11 Å². The fourth-order valence-electron chi connectivity index (χ4n) is 3.94. The third-order valence-corrected chi connectivity index (χ3v) is 5.33. The molecule has 0 amide bonds. The highest BCUT2D eigenvalue weighted by Gasteiger charge is 2.32. The molecule has 0 saturated carbocycles. The van der Waals surface area contributed by atoms with E-state index in [1.165, 1.54) is 28.0 Å². The van der Waals surface area contributed by atoms with Crippen molar-refractivity contribution < 1.29 is 0 Å². The number of benzene rings is 2. The second kappa shape index (κ2) is 8.07. The van der Waals surface area contributed by atoms with Gasteiger partial charge in [0.05, 0.1) is 6.04 Å². The van der Waals surface area contributed by atoms with E-state index in [9.17, 15) is 0 Å². The minimum absolute atomic E-state index is 0.119. The van der Waals surface area contributed by atoms with E-state index in [0.717, 1.165) is 26.1 Å². The third kappa shape index (κ3) is 3.97. The average Bonchev–Trinajstić information content (AvgIpc) is 2.70. The fraction of sp³-hybridized carbons (Fsp3) is 0.261. The van der Waals surface area contributed by atoms with Crippen LogP contribution in [0.15, 0.2) is 77.5 Å². The molecule has 0 bridgehead atoms. The summed E-state index contributed by atoms with van der Waals surface area (Å²) in [6, 6.07) is 21.2. The first-order valence-corrected chi connectivity index (χ1v) is 9.99. The van der Waals surface area contributed by atoms with Crippen molar-refractivity contribution in [3.63, 3.8) is 0 Å². The van der Waals surface area contributed by atoms with Gasteiger partial charge in [-0.25, -0.2) is 0 Å². The topological polar surface area (TPSA) is 27.3 Å². The Labute approximate surface area is 166 Å². The van der Waals surface area contributed by atoms with Crippen LogP contribution in [0.25, 0.3) is 6.08 Å². The molecule has 0 aliphatic carbocycles. The standard InChI is InChI=1S/C23H25N3S/c1-2-13-26-15-19(14-17-9-5-3-6-10-17)22-20(16-26)21(24-23(27)25-22)18-11-7-4-8-12-18/h3-12,14,21H,2,13,15-16H2,1H3,(H2,24,25,27). The minimum Gasteiger partial charge on any atom is -0.352 e. The summed E-state index contributed by atoms with van der Waals surface area (Å²) in [5.41, 5.74) is 6.35. The maximum atomic E-state index is 5.55. The summed E-state index contributed by atoms with van der Waals surface area (Å²) in [5, 5.41) is 7.64. The molecule has 0 fully saturated rings. The van der Waals surface area contributed by atoms with E-state index in [4.69, 9.17) is 12.2 Å². The molecule has 3 nitrogen and oxygen atoms in total. The first-order valence-electron chi connectivity index (χ1n) is 9.58. The Bertz CT molecular complexity index is 871. The van der Waals surface area contributed by atoms with Gasteiger partial charge >= 0.3 is 0 Å². The van der Waals surface area contributed by atoms with Crippen molar-refractivity contribution >= 4 is 23.4 Å². The van der Waals surface area contributed by atoms with E-state index in [1.807, 2.05) is 0 Å². The van der Waals surface area contributed by atoms with Crippen LogP contribution in [0.3, 0.4) is 0 Å². The average molecular weight is 376 g/mol. The zero-order chi connectivity index (χ0) is 18.6. The number of hydrogen-bond donors (Lipinski definition) is 2. The smallest absolute Gasteiger partial charge is 0.171 e. The number of rotatable bonds is 4. The van der Waals surface area contributed by atoms with Crippen LogP contribution in [0.4, 0.5) is 0 Å². The quantitative estimate of drug-likeness (QED) is 0.781. The number of nitrogens with zero attached hydrogens (tertiary/aromatic N) is 1. The fourth-order valence-corrected chi connectivity index (χ4v) is 4.16. The van der Waals surface area contributed by atoms with Crippen LogP contribution in [-0.4, -0.2) is 29.6 Å². The van der Waals surface area contributed by atoms with E-state index in [1.54, 1.807) is 0 Å². The van der Waals surface area contributed by atoms with Gasteiger partial charge in [0, 0.05) is 18.8 Å². The summed E-state index contributed by atoms with van der Waals surface area (Å²) in [6.45, 7) is 5.23. The van der Waals surface area contributed by atoms with Gasteiger partial charge in [-0.05, 0) is 53.5 Å². The summed E-state index contributed by atoms with van der Waals surface area (Å²) in [5.74, 6) is 0. The lowest BCUT2D eigenvalue weighted by Crippen LogP contribution is -2.50. The summed E-state index contributed by atoms with van der Waals surface area (Å²) in [6.07, 6.45) is 3.44. The Morgan fingerprint density at radius 2 is 1.74 bits per heavy atom. The monoisotopic (exact) mass is 375 g/mol. The molecule has 0 radical (unpaired) electrons. The molecule has 2 aromatic rings. The highest BCUT2D eigenvalue weighted by molar-refractivity contribution is 7.80. The van der Waals surface area contributed by atoms with E-state index >= 15 is 0 Å². The van der Waals surface area contributed by atoms with Crippen LogP contribution < -0.4 is 10.6 Å². The molecule has 0 spiro atoms. The molecular formula is C23H25N3S. The van der Waals surface area contributed by atoms with Crippen LogP contribution in [0.5, 0.6) is 0 Å². The van der Waals surface area contributed by atoms with Crippen LogP contribution in [0, 0.1) is 0 Å². The molecule has 138 valence electrons. The van der Waals surface area contributed by atoms with Crippen molar-refractivity contribution in [1.82, 2.24) is 15.5 Å². The lowest BCUT2D eigenvalue weighted by atomic mass is 9.89. The number of nitrogens with one attached hydrogen (secondary N) is 2.